The third-order valence-corrected chi connectivity index (χ3v) is 5.46. The Bertz CT molecular complexity index is 481. The Balaban J connectivity index is 1.82. The summed E-state index contributed by atoms with van der Waals surface area (Å²) < 4.78 is 0. The van der Waals surface area contributed by atoms with Crippen LogP contribution < -0.4 is 0 Å². The van der Waals surface area contributed by atoms with Gasteiger partial charge in [-0.2, -0.15) is 0 Å². The maximum absolute atomic E-state index is 10.9. The van der Waals surface area contributed by atoms with Crippen molar-refractivity contribution in [3.63, 3.8) is 0 Å². The number of rotatable bonds is 7. The average Bonchev–Trinajstić information content (AvgIpc) is 2.94. The molecule has 1 aromatic rings. The van der Waals surface area contributed by atoms with Gasteiger partial charge in [0.05, 0.1) is 17.2 Å². The molecule has 1 saturated heterocycles. The van der Waals surface area contributed by atoms with Gasteiger partial charge in [0, 0.05) is 37.0 Å². The number of hydrogen-bond donors (Lipinski definition) is 1. The Morgan fingerprint density at radius 2 is 2.18 bits per heavy atom. The second-order valence-corrected chi connectivity index (χ2v) is 7.19. The molecule has 6 heteroatoms. The van der Waals surface area contributed by atoms with Crippen LogP contribution in [0.15, 0.2) is 5.38 Å². The quantitative estimate of drug-likeness (QED) is 0.835. The van der Waals surface area contributed by atoms with Gasteiger partial charge in [-0.25, -0.2) is 4.98 Å². The number of hydrogen-bond acceptors (Lipinski definition) is 5. The van der Waals surface area contributed by atoms with Crippen LogP contribution in [0.2, 0.25) is 0 Å². The summed E-state index contributed by atoms with van der Waals surface area (Å²) in [6.07, 6.45) is 2.09. The molecule has 124 valence electrons. The molecule has 1 aromatic heterocycles. The Labute approximate surface area is 137 Å². The summed E-state index contributed by atoms with van der Waals surface area (Å²) in [5.41, 5.74) is 1.17. The first kappa shape index (κ1) is 17.4. The average molecular weight is 325 g/mol. The molecule has 0 atom stereocenters. The van der Waals surface area contributed by atoms with Gasteiger partial charge >= 0.3 is 5.97 Å². The number of thiazole rings is 1. The monoisotopic (exact) mass is 325 g/mol. The van der Waals surface area contributed by atoms with Gasteiger partial charge in [-0.05, 0) is 19.4 Å². The van der Waals surface area contributed by atoms with Crippen molar-refractivity contribution in [3.8, 4) is 0 Å². The molecule has 1 N–H and O–H groups in total. The van der Waals surface area contributed by atoms with E-state index in [2.05, 4.69) is 29.0 Å². The van der Waals surface area contributed by atoms with Crippen molar-refractivity contribution in [1.82, 2.24) is 14.8 Å². The molecule has 0 aromatic carbocycles. The van der Waals surface area contributed by atoms with E-state index in [1.165, 1.54) is 10.7 Å². The lowest BCUT2D eigenvalue weighted by Gasteiger charge is -2.37. The molecule has 0 saturated carbocycles. The molecule has 2 rings (SSSR count). The standard InChI is InChI=1S/C16H27N3O2S/c1-4-19(10-15(20)21)14-5-7-18(8-6-14)9-13-11-22-16(17-13)12(2)3/h11-12,14H,4-10H2,1-3H3,(H,20,21). The maximum atomic E-state index is 10.9. The van der Waals surface area contributed by atoms with Crippen LogP contribution in [0.25, 0.3) is 0 Å². The number of piperidine rings is 1. The minimum Gasteiger partial charge on any atom is -0.480 e. The van der Waals surface area contributed by atoms with Gasteiger partial charge in [-0.1, -0.05) is 20.8 Å². The minimum absolute atomic E-state index is 0.158. The topological polar surface area (TPSA) is 56.7 Å². The van der Waals surface area contributed by atoms with Gasteiger partial charge in [0.1, 0.15) is 0 Å². The highest BCUT2D eigenvalue weighted by molar-refractivity contribution is 7.09. The zero-order chi connectivity index (χ0) is 16.1. The van der Waals surface area contributed by atoms with Crippen LogP contribution >= 0.6 is 11.3 Å². The molecular formula is C16H27N3O2S. The van der Waals surface area contributed by atoms with E-state index in [-0.39, 0.29) is 6.54 Å². The molecule has 0 aliphatic carbocycles. The molecule has 1 aliphatic rings. The van der Waals surface area contributed by atoms with Crippen molar-refractivity contribution in [2.24, 2.45) is 0 Å². The number of carbonyl (C=O) groups is 1. The number of nitrogens with zero attached hydrogens (tertiary/aromatic N) is 3. The number of likely N-dealkylation sites (tertiary alicyclic amines) is 1. The third-order valence-electron chi connectivity index (χ3n) is 4.27. The first-order valence-electron chi connectivity index (χ1n) is 8.12. The third kappa shape index (κ3) is 4.76. The summed E-state index contributed by atoms with van der Waals surface area (Å²) in [6.45, 7) is 10.3. The Morgan fingerprint density at radius 3 is 2.68 bits per heavy atom. The van der Waals surface area contributed by atoms with Crippen LogP contribution in [-0.2, 0) is 11.3 Å². The van der Waals surface area contributed by atoms with Crippen molar-refractivity contribution >= 4 is 17.3 Å². The maximum Gasteiger partial charge on any atom is 0.317 e. The number of carboxylic acids is 1. The zero-order valence-corrected chi connectivity index (χ0v) is 14.6. The predicted octanol–water partition coefficient (Wildman–Crippen LogP) is 2.64. The normalized spacial score (nSPS) is 17.5. The fraction of sp³-hybridized carbons (Fsp3) is 0.750. The fourth-order valence-corrected chi connectivity index (χ4v) is 3.83. The van der Waals surface area contributed by atoms with Gasteiger partial charge in [0.2, 0.25) is 0 Å². The number of aliphatic carboxylic acids is 1. The van der Waals surface area contributed by atoms with E-state index in [0.29, 0.717) is 12.0 Å². The molecule has 2 heterocycles. The summed E-state index contributed by atoms with van der Waals surface area (Å²) >= 11 is 1.75. The van der Waals surface area contributed by atoms with Crippen LogP contribution in [0.5, 0.6) is 0 Å². The van der Waals surface area contributed by atoms with E-state index in [0.717, 1.165) is 39.0 Å². The molecule has 1 fully saturated rings. The highest BCUT2D eigenvalue weighted by atomic mass is 32.1. The number of carboxylic acid groups (broad SMARTS) is 1. The van der Waals surface area contributed by atoms with E-state index >= 15 is 0 Å². The van der Waals surface area contributed by atoms with Crippen LogP contribution in [0.1, 0.15) is 50.2 Å². The highest BCUT2D eigenvalue weighted by Gasteiger charge is 2.25. The van der Waals surface area contributed by atoms with Crippen LogP contribution in [0, 0.1) is 0 Å². The number of likely N-dealkylation sites (N-methyl/N-ethyl adjacent to an activating group) is 1. The van der Waals surface area contributed by atoms with Crippen molar-refractivity contribution < 1.29 is 9.90 Å². The molecule has 0 unspecified atom stereocenters. The van der Waals surface area contributed by atoms with Gasteiger partial charge in [0.15, 0.2) is 0 Å². The SMILES string of the molecule is CCN(CC(=O)O)C1CCN(Cc2csc(C(C)C)n2)CC1. The smallest absolute Gasteiger partial charge is 0.317 e. The summed E-state index contributed by atoms with van der Waals surface area (Å²) in [6, 6.07) is 0.402. The second-order valence-electron chi connectivity index (χ2n) is 6.30. The van der Waals surface area contributed by atoms with Crippen LogP contribution in [0.3, 0.4) is 0 Å². The lowest BCUT2D eigenvalue weighted by molar-refractivity contribution is -0.139. The van der Waals surface area contributed by atoms with E-state index < -0.39 is 5.97 Å². The molecule has 0 radical (unpaired) electrons. The van der Waals surface area contributed by atoms with Crippen molar-refractivity contribution in [2.45, 2.75) is 52.1 Å². The fourth-order valence-electron chi connectivity index (χ4n) is 3.00. The van der Waals surface area contributed by atoms with Crippen LogP contribution in [0.4, 0.5) is 0 Å². The summed E-state index contributed by atoms with van der Waals surface area (Å²) in [4.78, 5) is 20.1. The summed E-state index contributed by atoms with van der Waals surface area (Å²) in [5.74, 6) is -0.230. The molecule has 22 heavy (non-hydrogen) atoms. The highest BCUT2D eigenvalue weighted by Crippen LogP contribution is 2.22. The molecule has 0 amide bonds. The lowest BCUT2D eigenvalue weighted by Crippen LogP contribution is -2.46. The lowest BCUT2D eigenvalue weighted by atomic mass is 10.0. The predicted molar refractivity (Wildman–Crippen MR) is 89.4 cm³/mol. The van der Waals surface area contributed by atoms with Gasteiger partial charge in [-0.15, -0.1) is 11.3 Å². The first-order chi connectivity index (χ1) is 10.5. The minimum atomic E-state index is -0.729. The van der Waals surface area contributed by atoms with Crippen LogP contribution in [-0.4, -0.2) is 58.1 Å². The number of aromatic nitrogens is 1. The Kier molecular flexibility index (Phi) is 6.35. The van der Waals surface area contributed by atoms with E-state index in [4.69, 9.17) is 10.1 Å². The van der Waals surface area contributed by atoms with Crippen molar-refractivity contribution in [3.05, 3.63) is 16.1 Å². The molecule has 1 aliphatic heterocycles. The van der Waals surface area contributed by atoms with E-state index in [9.17, 15) is 4.79 Å². The first-order valence-corrected chi connectivity index (χ1v) is 9.00. The molecule has 5 nitrogen and oxygen atoms in total. The van der Waals surface area contributed by atoms with Crippen molar-refractivity contribution in [1.29, 1.82) is 0 Å². The molecule has 0 bridgehead atoms. The summed E-state index contributed by atoms with van der Waals surface area (Å²) in [7, 11) is 0. The van der Waals surface area contributed by atoms with E-state index in [1.807, 2.05) is 6.92 Å². The molecular weight excluding hydrogens is 298 g/mol. The Morgan fingerprint density at radius 1 is 1.50 bits per heavy atom. The Hall–Kier alpha value is -0.980. The second kappa shape index (κ2) is 8.04. The van der Waals surface area contributed by atoms with Crippen molar-refractivity contribution in [2.75, 3.05) is 26.2 Å². The summed E-state index contributed by atoms with van der Waals surface area (Å²) in [5, 5.41) is 12.4. The zero-order valence-electron chi connectivity index (χ0n) is 13.8. The largest absolute Gasteiger partial charge is 0.480 e. The van der Waals surface area contributed by atoms with E-state index in [1.54, 1.807) is 11.3 Å². The van der Waals surface area contributed by atoms with Gasteiger partial charge < -0.3 is 5.11 Å². The van der Waals surface area contributed by atoms with Gasteiger partial charge in [-0.3, -0.25) is 14.6 Å². The molecule has 0 spiro atoms. The van der Waals surface area contributed by atoms with Gasteiger partial charge in [0.25, 0.3) is 0 Å².